The summed E-state index contributed by atoms with van der Waals surface area (Å²) in [7, 11) is 0. The second kappa shape index (κ2) is 10.8. The van der Waals surface area contributed by atoms with Gasteiger partial charge in [0.25, 0.3) is 0 Å². The quantitative estimate of drug-likeness (QED) is 0.191. The monoisotopic (exact) mass is 612 g/mol. The molecule has 0 spiro atoms. The van der Waals surface area contributed by atoms with Crippen molar-refractivity contribution in [2.75, 3.05) is 0 Å². The molecule has 238 valence electrons. The Labute approximate surface area is 265 Å². The topological polar surface area (TPSA) is 132 Å². The third-order valence-electron chi connectivity index (χ3n) is 10.8. The van der Waals surface area contributed by atoms with Gasteiger partial charge in [0.1, 0.15) is 22.8 Å². The highest BCUT2D eigenvalue weighted by atomic mass is 16.3. The van der Waals surface area contributed by atoms with Crippen molar-refractivity contribution < 1.29 is 34.8 Å². The minimum absolute atomic E-state index is 0.0270. The minimum atomic E-state index is -2.63. The van der Waals surface area contributed by atoms with Gasteiger partial charge in [-0.15, -0.1) is 6.58 Å². The van der Waals surface area contributed by atoms with Crippen LogP contribution in [0.1, 0.15) is 94.3 Å². The molecule has 0 amide bonds. The third kappa shape index (κ3) is 4.38. The number of aromatic hydroxyl groups is 1. The molecule has 3 aliphatic carbocycles. The molecule has 4 N–H and O–H groups in total. The van der Waals surface area contributed by atoms with Crippen LogP contribution < -0.4 is 0 Å². The van der Waals surface area contributed by atoms with Gasteiger partial charge in [0.15, 0.2) is 17.2 Å². The molecule has 2 unspecified atom stereocenters. The molecule has 7 heteroatoms. The van der Waals surface area contributed by atoms with Gasteiger partial charge in [-0.25, -0.2) is 0 Å². The van der Waals surface area contributed by atoms with E-state index in [-0.39, 0.29) is 41.6 Å². The predicted molar refractivity (Wildman–Crippen MR) is 173 cm³/mol. The van der Waals surface area contributed by atoms with Crippen LogP contribution >= 0.6 is 0 Å². The van der Waals surface area contributed by atoms with Crippen LogP contribution in [-0.2, 0) is 22.4 Å². The van der Waals surface area contributed by atoms with Gasteiger partial charge in [-0.3, -0.25) is 14.4 Å². The molecule has 2 aromatic rings. The second-order valence-electron chi connectivity index (χ2n) is 14.1. The summed E-state index contributed by atoms with van der Waals surface area (Å²) in [5, 5.41) is 46.7. The van der Waals surface area contributed by atoms with Crippen molar-refractivity contribution >= 4 is 17.3 Å². The first-order valence-electron chi connectivity index (χ1n) is 15.8. The van der Waals surface area contributed by atoms with E-state index < -0.39 is 56.8 Å². The van der Waals surface area contributed by atoms with E-state index in [1.165, 1.54) is 6.07 Å². The Morgan fingerprint density at radius 3 is 2.31 bits per heavy atom. The van der Waals surface area contributed by atoms with E-state index >= 15 is 0 Å². The Morgan fingerprint density at radius 2 is 1.73 bits per heavy atom. The van der Waals surface area contributed by atoms with Crippen molar-refractivity contribution in [1.29, 1.82) is 0 Å². The predicted octanol–water partition coefficient (Wildman–Crippen LogP) is 7.26. The van der Waals surface area contributed by atoms with Gasteiger partial charge in [0, 0.05) is 22.3 Å². The Bertz CT molecular complexity index is 1730. The second-order valence-corrected chi connectivity index (χ2v) is 14.1. The summed E-state index contributed by atoms with van der Waals surface area (Å²) in [6.07, 6.45) is 3.70. The van der Waals surface area contributed by atoms with Crippen molar-refractivity contribution in [2.24, 2.45) is 22.7 Å². The van der Waals surface area contributed by atoms with E-state index in [9.17, 15) is 34.8 Å². The lowest BCUT2D eigenvalue weighted by atomic mass is 9.44. The number of hydrogen-bond donors (Lipinski definition) is 4. The lowest BCUT2D eigenvalue weighted by Crippen LogP contribution is -2.67. The summed E-state index contributed by atoms with van der Waals surface area (Å²) in [5.41, 5.74) is -1.28. The molecule has 2 aromatic carbocycles. The maximum atomic E-state index is 14.5. The molecule has 0 bridgehead atoms. The minimum Gasteiger partial charge on any atom is -0.511 e. The molecular formula is C38H44O7. The number of aliphatic hydroxyl groups excluding tert-OH is 2. The molecule has 45 heavy (non-hydrogen) atoms. The maximum absolute atomic E-state index is 14.5. The number of phenolic OH excluding ortho intramolecular Hbond substituents is 1. The Morgan fingerprint density at radius 1 is 1.07 bits per heavy atom. The van der Waals surface area contributed by atoms with Crippen LogP contribution in [0.15, 0.2) is 65.7 Å². The number of aliphatic hydroxyl groups is 3. The zero-order valence-corrected chi connectivity index (χ0v) is 27.2. The van der Waals surface area contributed by atoms with E-state index in [1.807, 2.05) is 32.9 Å². The number of hydrogen-bond acceptors (Lipinski definition) is 7. The van der Waals surface area contributed by atoms with Crippen LogP contribution in [-0.4, -0.2) is 43.4 Å². The maximum Gasteiger partial charge on any atom is 0.209 e. The van der Waals surface area contributed by atoms with E-state index in [4.69, 9.17) is 0 Å². The van der Waals surface area contributed by atoms with Crippen molar-refractivity contribution in [1.82, 2.24) is 0 Å². The first kappa shape index (κ1) is 32.4. The molecule has 7 nitrogen and oxygen atoms in total. The highest BCUT2D eigenvalue weighted by Gasteiger charge is 2.71. The van der Waals surface area contributed by atoms with Gasteiger partial charge < -0.3 is 20.4 Å². The number of ketones is 3. The summed E-state index contributed by atoms with van der Waals surface area (Å²) in [6, 6.07) is 9.64. The fourth-order valence-electron chi connectivity index (χ4n) is 8.83. The zero-order valence-electron chi connectivity index (χ0n) is 27.2. The normalized spacial score (nSPS) is 28.5. The van der Waals surface area contributed by atoms with Crippen LogP contribution in [0.3, 0.4) is 0 Å². The largest absolute Gasteiger partial charge is 0.511 e. The van der Waals surface area contributed by atoms with E-state index in [1.54, 1.807) is 6.92 Å². The molecular weight excluding hydrogens is 568 g/mol. The van der Waals surface area contributed by atoms with Crippen LogP contribution in [0.4, 0.5) is 0 Å². The molecule has 0 aliphatic heterocycles. The van der Waals surface area contributed by atoms with Crippen molar-refractivity contribution in [3.05, 3.63) is 87.9 Å². The van der Waals surface area contributed by atoms with Gasteiger partial charge in [-0.05, 0) is 78.3 Å². The molecule has 0 radical (unpaired) electrons. The van der Waals surface area contributed by atoms with E-state index in [2.05, 4.69) is 38.6 Å². The summed E-state index contributed by atoms with van der Waals surface area (Å²) in [4.78, 5) is 41.0. The highest BCUT2D eigenvalue weighted by Crippen LogP contribution is 2.65. The molecule has 3 aliphatic rings. The summed E-state index contributed by atoms with van der Waals surface area (Å²) in [6.45, 7) is 16.3. The number of fused-ring (bicyclic) bond motifs is 3. The molecule has 0 aromatic heterocycles. The molecule has 5 atom stereocenters. The van der Waals surface area contributed by atoms with Crippen molar-refractivity contribution in [3.63, 3.8) is 0 Å². The first-order valence-corrected chi connectivity index (χ1v) is 15.8. The molecule has 5 rings (SSSR count). The molecule has 0 saturated heterocycles. The average Bonchev–Trinajstić information content (AvgIpc) is 2.94. The molecule has 0 saturated carbocycles. The number of Topliss-reactive ketones (excluding diaryl/α,β-unsaturated/α-hetero) is 3. The zero-order chi connectivity index (χ0) is 33.4. The Balaban J connectivity index is 1.79. The lowest BCUT2D eigenvalue weighted by molar-refractivity contribution is -0.171. The number of aryl methyl sites for hydroxylation is 1. The van der Waals surface area contributed by atoms with Gasteiger partial charge in [-0.1, -0.05) is 71.9 Å². The standard InChI is InChI=1S/C38H44O7/c1-9-11-20(5)23-13-12-22(10-2)25(16-23)24-14-15-27(40)29-26(24)17-36(7)18-37(8)30(19(3)4)32(41)28(21(6)39)34(43)38(37,45)35(44)31(36)33(29)42/h9,12-16,19-20,30,40-41,44-45H,1,10-11,17-18H2,2-8H3/t20?,30?,36-,37-,38+/m1/s1. The van der Waals surface area contributed by atoms with Gasteiger partial charge in [0.05, 0.1) is 5.56 Å². The van der Waals surface area contributed by atoms with Crippen LogP contribution in [0.25, 0.3) is 11.1 Å². The fraction of sp³-hybridized carbons (Fsp3) is 0.447. The number of carbonyl (C=O) groups is 3. The summed E-state index contributed by atoms with van der Waals surface area (Å²) < 4.78 is 0. The van der Waals surface area contributed by atoms with Crippen LogP contribution in [0.2, 0.25) is 0 Å². The lowest BCUT2D eigenvalue weighted by Gasteiger charge is -2.59. The number of rotatable bonds is 7. The van der Waals surface area contributed by atoms with Crippen LogP contribution in [0.5, 0.6) is 5.75 Å². The van der Waals surface area contributed by atoms with Crippen molar-refractivity contribution in [2.45, 2.75) is 85.7 Å². The SMILES string of the molecule is C=CCC(C)c1ccc(CC)c(-c2ccc(O)c3c2C[C@]2(C)C[C@]4(C)C(C(C)C)C(O)=C(C(C)=O)C(=O)[C@]4(O)C(O)=C2C3=O)c1. The number of benzene rings is 2. The Kier molecular flexibility index (Phi) is 7.80. The summed E-state index contributed by atoms with van der Waals surface area (Å²) >= 11 is 0. The molecule has 0 fully saturated rings. The highest BCUT2D eigenvalue weighted by molar-refractivity contribution is 6.25. The van der Waals surface area contributed by atoms with Crippen LogP contribution in [0, 0.1) is 22.7 Å². The van der Waals surface area contributed by atoms with E-state index in [0.29, 0.717) is 5.56 Å². The Hall–Kier alpha value is -3.97. The number of carbonyl (C=O) groups excluding carboxylic acids is 3. The van der Waals surface area contributed by atoms with E-state index in [0.717, 1.165) is 42.0 Å². The first-order chi connectivity index (χ1) is 21.0. The smallest absolute Gasteiger partial charge is 0.209 e. The molecule has 0 heterocycles. The summed E-state index contributed by atoms with van der Waals surface area (Å²) in [5.74, 6) is -4.96. The number of phenols is 1. The van der Waals surface area contributed by atoms with Gasteiger partial charge in [-0.2, -0.15) is 0 Å². The third-order valence-corrected chi connectivity index (χ3v) is 10.8. The number of allylic oxidation sites excluding steroid dienone is 3. The van der Waals surface area contributed by atoms with Gasteiger partial charge in [0.2, 0.25) is 5.78 Å². The fourth-order valence-corrected chi connectivity index (χ4v) is 8.83. The van der Waals surface area contributed by atoms with Gasteiger partial charge >= 0.3 is 0 Å². The van der Waals surface area contributed by atoms with Crippen molar-refractivity contribution in [3.8, 4) is 16.9 Å². The average molecular weight is 613 g/mol.